The van der Waals surface area contributed by atoms with Crippen molar-refractivity contribution in [3.63, 3.8) is 0 Å². The van der Waals surface area contributed by atoms with Crippen molar-refractivity contribution in [2.24, 2.45) is 5.92 Å². The monoisotopic (exact) mass is 382 g/mol. The lowest BCUT2D eigenvalue weighted by Gasteiger charge is -2.22. The lowest BCUT2D eigenvalue weighted by Crippen LogP contribution is -2.33. The van der Waals surface area contributed by atoms with Crippen LogP contribution in [0.1, 0.15) is 33.8 Å². The van der Waals surface area contributed by atoms with Crippen LogP contribution in [0, 0.1) is 18.7 Å². The fraction of sp³-hybridized carbons (Fsp3) is 0.421. The normalized spacial score (nSPS) is 17.0. The van der Waals surface area contributed by atoms with E-state index in [0.717, 1.165) is 35.5 Å². The third-order valence-electron chi connectivity index (χ3n) is 4.53. The van der Waals surface area contributed by atoms with Crippen molar-refractivity contribution in [3.05, 3.63) is 45.9 Å². The molecule has 1 saturated heterocycles. The number of carbonyl (C=O) groups is 1. The average molecular weight is 383 g/mol. The first-order valence-electron chi connectivity index (χ1n) is 8.49. The Morgan fingerprint density at radius 3 is 2.80 bits per heavy atom. The number of halogens is 2. The molecule has 0 saturated carbocycles. The summed E-state index contributed by atoms with van der Waals surface area (Å²) in [6, 6.07) is 8.31. The van der Waals surface area contributed by atoms with Crippen LogP contribution in [-0.4, -0.2) is 25.5 Å². The van der Waals surface area contributed by atoms with Crippen LogP contribution in [0.4, 0.5) is 4.39 Å². The van der Waals surface area contributed by atoms with Crippen molar-refractivity contribution >= 4 is 29.7 Å². The van der Waals surface area contributed by atoms with Crippen LogP contribution in [0.3, 0.4) is 0 Å². The number of rotatable bonds is 5. The first kappa shape index (κ1) is 19.9. The Bertz CT molecular complexity index is 696. The van der Waals surface area contributed by atoms with Gasteiger partial charge in [0.05, 0.1) is 4.88 Å². The Labute approximate surface area is 158 Å². The van der Waals surface area contributed by atoms with Crippen molar-refractivity contribution in [1.82, 2.24) is 10.6 Å². The number of aryl methyl sites for hydroxylation is 1. The molecule has 6 heteroatoms. The van der Waals surface area contributed by atoms with Crippen molar-refractivity contribution in [3.8, 4) is 11.1 Å². The van der Waals surface area contributed by atoms with E-state index in [1.54, 1.807) is 12.1 Å². The molecule has 1 amide bonds. The zero-order valence-electron chi connectivity index (χ0n) is 14.3. The molecular formula is C19H24ClFN2OS. The van der Waals surface area contributed by atoms with Gasteiger partial charge in [-0.3, -0.25) is 4.79 Å². The summed E-state index contributed by atoms with van der Waals surface area (Å²) in [4.78, 5) is 14.1. The highest BCUT2D eigenvalue weighted by molar-refractivity contribution is 7.14. The lowest BCUT2D eigenvalue weighted by molar-refractivity contribution is 0.0954. The molecule has 1 aliphatic heterocycles. The van der Waals surface area contributed by atoms with Crippen LogP contribution in [0.5, 0.6) is 0 Å². The summed E-state index contributed by atoms with van der Waals surface area (Å²) >= 11 is 1.49. The third-order valence-corrected chi connectivity index (χ3v) is 5.58. The molecule has 0 spiro atoms. The standard InChI is InChI=1S/C19H23FN2OS.ClH/c1-13-17(15-4-6-16(20)7-5-15)11-18(24-13)19(23)22-10-8-14-3-2-9-21-12-14;/h4-7,11,14,21H,2-3,8-10,12H2,1H3,(H,22,23);1H. The van der Waals surface area contributed by atoms with Gasteiger partial charge in [0.1, 0.15) is 5.82 Å². The maximum Gasteiger partial charge on any atom is 0.261 e. The predicted octanol–water partition coefficient (Wildman–Crippen LogP) is 4.40. The largest absolute Gasteiger partial charge is 0.351 e. The minimum absolute atomic E-state index is 0. The molecule has 2 heterocycles. The van der Waals surface area contributed by atoms with Crippen LogP contribution in [0.15, 0.2) is 30.3 Å². The van der Waals surface area contributed by atoms with Gasteiger partial charge in [0.15, 0.2) is 0 Å². The van der Waals surface area contributed by atoms with E-state index >= 15 is 0 Å². The number of benzene rings is 1. The highest BCUT2D eigenvalue weighted by Crippen LogP contribution is 2.31. The van der Waals surface area contributed by atoms with Crippen LogP contribution in [0.2, 0.25) is 0 Å². The number of nitrogens with one attached hydrogen (secondary N) is 2. The fourth-order valence-corrected chi connectivity index (χ4v) is 4.12. The Balaban J connectivity index is 0.00000225. The van der Waals surface area contributed by atoms with Gasteiger partial charge in [0.25, 0.3) is 5.91 Å². The molecule has 1 atom stereocenters. The Hall–Kier alpha value is -1.43. The van der Waals surface area contributed by atoms with E-state index in [2.05, 4.69) is 10.6 Å². The Kier molecular flexibility index (Phi) is 7.41. The molecule has 3 nitrogen and oxygen atoms in total. The molecule has 3 rings (SSSR count). The van der Waals surface area contributed by atoms with Crippen LogP contribution in [0.25, 0.3) is 11.1 Å². The summed E-state index contributed by atoms with van der Waals surface area (Å²) in [7, 11) is 0. The maximum absolute atomic E-state index is 13.1. The van der Waals surface area contributed by atoms with Crippen LogP contribution < -0.4 is 10.6 Å². The fourth-order valence-electron chi connectivity index (χ4n) is 3.16. The third kappa shape index (κ3) is 5.27. The van der Waals surface area contributed by atoms with Gasteiger partial charge in [0.2, 0.25) is 0 Å². The van der Waals surface area contributed by atoms with E-state index in [1.807, 2.05) is 13.0 Å². The van der Waals surface area contributed by atoms with Gasteiger partial charge in [-0.05, 0) is 74.5 Å². The van der Waals surface area contributed by atoms with E-state index in [0.29, 0.717) is 17.3 Å². The molecule has 2 N–H and O–H groups in total. The van der Waals surface area contributed by atoms with Gasteiger partial charge >= 0.3 is 0 Å². The summed E-state index contributed by atoms with van der Waals surface area (Å²) in [5.74, 6) is 0.404. The number of amides is 1. The van der Waals surface area contributed by atoms with E-state index in [1.165, 1.54) is 36.3 Å². The van der Waals surface area contributed by atoms with Crippen LogP contribution in [-0.2, 0) is 0 Å². The number of carbonyl (C=O) groups excluding carboxylic acids is 1. The second-order valence-electron chi connectivity index (χ2n) is 6.34. The molecule has 25 heavy (non-hydrogen) atoms. The van der Waals surface area contributed by atoms with Gasteiger partial charge in [-0.25, -0.2) is 4.39 Å². The molecule has 0 aliphatic carbocycles. The summed E-state index contributed by atoms with van der Waals surface area (Å²) in [5, 5.41) is 6.43. The van der Waals surface area contributed by atoms with Crippen LogP contribution >= 0.6 is 23.7 Å². The minimum atomic E-state index is -0.248. The Morgan fingerprint density at radius 2 is 2.12 bits per heavy atom. The quantitative estimate of drug-likeness (QED) is 0.804. The SMILES string of the molecule is Cc1sc(C(=O)NCCC2CCCNC2)cc1-c1ccc(F)cc1.Cl. The zero-order chi connectivity index (χ0) is 16.9. The Morgan fingerprint density at radius 1 is 1.36 bits per heavy atom. The molecule has 1 fully saturated rings. The topological polar surface area (TPSA) is 41.1 Å². The minimum Gasteiger partial charge on any atom is -0.351 e. The van der Waals surface area contributed by atoms with E-state index in [4.69, 9.17) is 0 Å². The van der Waals surface area contributed by atoms with Gasteiger partial charge < -0.3 is 10.6 Å². The highest BCUT2D eigenvalue weighted by atomic mass is 35.5. The molecule has 1 unspecified atom stereocenters. The molecule has 136 valence electrons. The number of piperidine rings is 1. The van der Waals surface area contributed by atoms with Gasteiger partial charge in [0, 0.05) is 11.4 Å². The highest BCUT2D eigenvalue weighted by Gasteiger charge is 2.16. The number of thiophene rings is 1. The summed E-state index contributed by atoms with van der Waals surface area (Å²) < 4.78 is 13.1. The van der Waals surface area contributed by atoms with Gasteiger partial charge in [-0.15, -0.1) is 23.7 Å². The van der Waals surface area contributed by atoms with Crippen molar-refractivity contribution < 1.29 is 9.18 Å². The predicted molar refractivity (Wildman–Crippen MR) is 104 cm³/mol. The molecule has 1 aromatic heterocycles. The van der Waals surface area contributed by atoms with Gasteiger partial charge in [-0.1, -0.05) is 12.1 Å². The molecule has 0 bridgehead atoms. The zero-order valence-corrected chi connectivity index (χ0v) is 15.9. The van der Waals surface area contributed by atoms with E-state index in [9.17, 15) is 9.18 Å². The first-order valence-corrected chi connectivity index (χ1v) is 9.30. The van der Waals surface area contributed by atoms with Crippen molar-refractivity contribution in [2.75, 3.05) is 19.6 Å². The second kappa shape index (κ2) is 9.32. The molecular weight excluding hydrogens is 359 g/mol. The first-order chi connectivity index (χ1) is 11.6. The van der Waals surface area contributed by atoms with Crippen molar-refractivity contribution in [1.29, 1.82) is 0 Å². The van der Waals surface area contributed by atoms with E-state index in [-0.39, 0.29) is 24.1 Å². The maximum atomic E-state index is 13.1. The molecule has 1 aliphatic rings. The number of hydrogen-bond acceptors (Lipinski definition) is 3. The second-order valence-corrected chi connectivity index (χ2v) is 7.60. The molecule has 2 aromatic rings. The number of hydrogen-bond donors (Lipinski definition) is 2. The summed E-state index contributed by atoms with van der Waals surface area (Å²) in [5.41, 5.74) is 1.94. The van der Waals surface area contributed by atoms with Crippen molar-refractivity contribution in [2.45, 2.75) is 26.2 Å². The lowest BCUT2D eigenvalue weighted by atomic mass is 9.96. The molecule has 0 radical (unpaired) electrons. The summed E-state index contributed by atoms with van der Waals surface area (Å²) in [6.45, 7) is 4.88. The smallest absolute Gasteiger partial charge is 0.261 e. The van der Waals surface area contributed by atoms with Gasteiger partial charge in [-0.2, -0.15) is 0 Å². The molecule has 1 aromatic carbocycles. The average Bonchev–Trinajstić information content (AvgIpc) is 2.98. The van der Waals surface area contributed by atoms with E-state index < -0.39 is 0 Å². The summed E-state index contributed by atoms with van der Waals surface area (Å²) in [6.07, 6.45) is 3.49.